The fraction of sp³-hybridized carbons (Fsp3) is 0.400. The lowest BCUT2D eigenvalue weighted by molar-refractivity contribution is 0.336. The first kappa shape index (κ1) is 10.0. The van der Waals surface area contributed by atoms with E-state index in [1.165, 1.54) is 5.56 Å². The molecule has 0 atom stereocenters. The van der Waals surface area contributed by atoms with Gasteiger partial charge in [0, 0.05) is 13.2 Å². The lowest BCUT2D eigenvalue weighted by Crippen LogP contribution is -2.24. The Bertz CT molecular complexity index is 263. The predicted molar refractivity (Wildman–Crippen MR) is 53.5 cm³/mol. The lowest BCUT2D eigenvalue weighted by Gasteiger charge is -2.13. The maximum atomic E-state index is 5.49. The van der Waals surface area contributed by atoms with Crippen LogP contribution in [-0.4, -0.2) is 25.7 Å². The minimum atomic E-state index is 0.567. The fourth-order valence-electron chi connectivity index (χ4n) is 1.15. The van der Waals surface area contributed by atoms with Gasteiger partial charge in [-0.2, -0.15) is 0 Å². The number of ether oxygens (including phenoxy) is 1. The van der Waals surface area contributed by atoms with Gasteiger partial charge in [0.15, 0.2) is 0 Å². The number of rotatable bonds is 4. The van der Waals surface area contributed by atoms with Crippen molar-refractivity contribution in [3.05, 3.63) is 29.8 Å². The zero-order valence-corrected chi connectivity index (χ0v) is 8.16. The van der Waals surface area contributed by atoms with E-state index in [1.807, 2.05) is 30.1 Å². The highest BCUT2D eigenvalue weighted by Gasteiger charge is 1.98. The van der Waals surface area contributed by atoms with Crippen molar-refractivity contribution in [1.82, 2.24) is 4.90 Å². The average molecular weight is 180 g/mol. The van der Waals surface area contributed by atoms with E-state index in [2.05, 4.69) is 6.07 Å². The first-order chi connectivity index (χ1) is 6.26. The molecule has 0 fully saturated rings. The monoisotopic (exact) mass is 180 g/mol. The largest absolute Gasteiger partial charge is 0.497 e. The van der Waals surface area contributed by atoms with E-state index in [-0.39, 0.29) is 0 Å². The number of hydrogen-bond acceptors (Lipinski definition) is 3. The molecule has 1 rings (SSSR count). The van der Waals surface area contributed by atoms with Gasteiger partial charge in [-0.15, -0.1) is 0 Å². The molecule has 0 aliphatic heterocycles. The molecule has 1 aromatic rings. The standard InChI is InChI=1S/C10H16N2O/c1-12(8-11)7-9-4-3-5-10(6-9)13-2/h3-6H,7-8,11H2,1-2H3. The van der Waals surface area contributed by atoms with Crippen LogP contribution in [0.3, 0.4) is 0 Å². The Hall–Kier alpha value is -1.06. The van der Waals surface area contributed by atoms with E-state index >= 15 is 0 Å². The first-order valence-electron chi connectivity index (χ1n) is 4.28. The quantitative estimate of drug-likeness (QED) is 0.704. The molecule has 0 saturated carbocycles. The van der Waals surface area contributed by atoms with Gasteiger partial charge in [0.1, 0.15) is 5.75 Å². The summed E-state index contributed by atoms with van der Waals surface area (Å²) in [5.74, 6) is 0.892. The van der Waals surface area contributed by atoms with E-state index in [9.17, 15) is 0 Å². The Morgan fingerprint density at radius 1 is 1.46 bits per heavy atom. The van der Waals surface area contributed by atoms with Crippen LogP contribution in [0, 0.1) is 0 Å². The lowest BCUT2D eigenvalue weighted by atomic mass is 10.2. The summed E-state index contributed by atoms with van der Waals surface area (Å²) in [5, 5.41) is 0. The van der Waals surface area contributed by atoms with E-state index in [0.717, 1.165) is 12.3 Å². The molecule has 0 heterocycles. The molecule has 0 saturated heterocycles. The molecular formula is C10H16N2O. The summed E-state index contributed by atoms with van der Waals surface area (Å²) in [6.07, 6.45) is 0. The first-order valence-corrected chi connectivity index (χ1v) is 4.28. The van der Waals surface area contributed by atoms with E-state index in [0.29, 0.717) is 6.67 Å². The zero-order valence-electron chi connectivity index (χ0n) is 8.16. The predicted octanol–water partition coefficient (Wildman–Crippen LogP) is 1.04. The second-order valence-electron chi connectivity index (χ2n) is 3.05. The minimum Gasteiger partial charge on any atom is -0.497 e. The van der Waals surface area contributed by atoms with E-state index < -0.39 is 0 Å². The highest BCUT2D eigenvalue weighted by Crippen LogP contribution is 2.13. The third-order valence-electron chi connectivity index (χ3n) is 1.90. The summed E-state index contributed by atoms with van der Waals surface area (Å²) in [6, 6.07) is 8.01. The molecular weight excluding hydrogens is 164 g/mol. The summed E-state index contributed by atoms with van der Waals surface area (Å²) in [6.45, 7) is 1.42. The summed E-state index contributed by atoms with van der Waals surface area (Å²) < 4.78 is 5.12. The molecule has 0 aliphatic carbocycles. The molecule has 0 aliphatic rings. The molecule has 3 heteroatoms. The second kappa shape index (κ2) is 4.84. The zero-order chi connectivity index (χ0) is 9.68. The van der Waals surface area contributed by atoms with Crippen molar-refractivity contribution in [1.29, 1.82) is 0 Å². The SMILES string of the molecule is COc1cccc(CN(C)CN)c1. The van der Waals surface area contributed by atoms with Gasteiger partial charge in [-0.05, 0) is 24.7 Å². The summed E-state index contributed by atoms with van der Waals surface area (Å²) in [7, 11) is 3.66. The number of benzene rings is 1. The number of methoxy groups -OCH3 is 1. The van der Waals surface area contributed by atoms with Crippen molar-refractivity contribution in [2.24, 2.45) is 5.73 Å². The normalized spacial score (nSPS) is 10.5. The van der Waals surface area contributed by atoms with Crippen LogP contribution < -0.4 is 10.5 Å². The third kappa shape index (κ3) is 3.05. The average Bonchev–Trinajstić information content (AvgIpc) is 2.18. The minimum absolute atomic E-state index is 0.567. The molecule has 0 aromatic heterocycles. The van der Waals surface area contributed by atoms with Crippen molar-refractivity contribution in [2.45, 2.75) is 6.54 Å². The van der Waals surface area contributed by atoms with Crippen molar-refractivity contribution in [3.8, 4) is 5.75 Å². The van der Waals surface area contributed by atoms with Gasteiger partial charge in [0.05, 0.1) is 7.11 Å². The van der Waals surface area contributed by atoms with Crippen LogP contribution in [0.25, 0.3) is 0 Å². The molecule has 72 valence electrons. The number of hydrogen-bond donors (Lipinski definition) is 1. The molecule has 0 bridgehead atoms. The third-order valence-corrected chi connectivity index (χ3v) is 1.90. The molecule has 0 spiro atoms. The van der Waals surface area contributed by atoms with Crippen LogP contribution >= 0.6 is 0 Å². The van der Waals surface area contributed by atoms with Gasteiger partial charge in [-0.25, -0.2) is 0 Å². The highest BCUT2D eigenvalue weighted by molar-refractivity contribution is 5.28. The molecule has 0 radical (unpaired) electrons. The van der Waals surface area contributed by atoms with Crippen LogP contribution in [0.1, 0.15) is 5.56 Å². The maximum absolute atomic E-state index is 5.49. The summed E-state index contributed by atoms with van der Waals surface area (Å²) in [5.41, 5.74) is 6.70. The summed E-state index contributed by atoms with van der Waals surface area (Å²) in [4.78, 5) is 2.04. The number of nitrogens with zero attached hydrogens (tertiary/aromatic N) is 1. The molecule has 3 nitrogen and oxygen atoms in total. The van der Waals surface area contributed by atoms with Crippen molar-refractivity contribution < 1.29 is 4.74 Å². The summed E-state index contributed by atoms with van der Waals surface area (Å²) >= 11 is 0. The Kier molecular flexibility index (Phi) is 3.73. The van der Waals surface area contributed by atoms with Gasteiger partial charge in [-0.1, -0.05) is 12.1 Å². The van der Waals surface area contributed by atoms with Crippen LogP contribution in [0.15, 0.2) is 24.3 Å². The topological polar surface area (TPSA) is 38.5 Å². The van der Waals surface area contributed by atoms with Crippen molar-refractivity contribution >= 4 is 0 Å². The van der Waals surface area contributed by atoms with E-state index in [4.69, 9.17) is 10.5 Å². The Balaban J connectivity index is 2.66. The molecule has 2 N–H and O–H groups in total. The van der Waals surface area contributed by atoms with Crippen LogP contribution in [0.5, 0.6) is 5.75 Å². The molecule has 0 amide bonds. The van der Waals surface area contributed by atoms with Gasteiger partial charge in [0.25, 0.3) is 0 Å². The van der Waals surface area contributed by atoms with Crippen LogP contribution in [0.2, 0.25) is 0 Å². The van der Waals surface area contributed by atoms with Crippen molar-refractivity contribution in [2.75, 3.05) is 20.8 Å². The smallest absolute Gasteiger partial charge is 0.119 e. The Morgan fingerprint density at radius 2 is 2.23 bits per heavy atom. The highest BCUT2D eigenvalue weighted by atomic mass is 16.5. The fourth-order valence-corrected chi connectivity index (χ4v) is 1.15. The molecule has 1 aromatic carbocycles. The van der Waals surface area contributed by atoms with Gasteiger partial charge in [-0.3, -0.25) is 4.90 Å². The maximum Gasteiger partial charge on any atom is 0.119 e. The molecule has 13 heavy (non-hydrogen) atoms. The number of nitrogens with two attached hydrogens (primary N) is 1. The van der Waals surface area contributed by atoms with Crippen LogP contribution in [0.4, 0.5) is 0 Å². The van der Waals surface area contributed by atoms with Crippen molar-refractivity contribution in [3.63, 3.8) is 0 Å². The van der Waals surface area contributed by atoms with Gasteiger partial charge >= 0.3 is 0 Å². The van der Waals surface area contributed by atoms with E-state index in [1.54, 1.807) is 7.11 Å². The second-order valence-corrected chi connectivity index (χ2v) is 3.05. The Labute approximate surface area is 79.1 Å². The van der Waals surface area contributed by atoms with Gasteiger partial charge in [0.2, 0.25) is 0 Å². The Morgan fingerprint density at radius 3 is 2.85 bits per heavy atom. The van der Waals surface area contributed by atoms with Gasteiger partial charge < -0.3 is 10.5 Å². The van der Waals surface area contributed by atoms with Crippen LogP contribution in [-0.2, 0) is 6.54 Å². The molecule has 0 unspecified atom stereocenters.